The summed E-state index contributed by atoms with van der Waals surface area (Å²) in [6, 6.07) is 9.73. The molecule has 0 aliphatic rings. The maximum absolute atomic E-state index is 5.26. The van der Waals surface area contributed by atoms with Crippen molar-refractivity contribution in [3.05, 3.63) is 47.4 Å². The van der Waals surface area contributed by atoms with Gasteiger partial charge in [0.25, 0.3) is 0 Å². The van der Waals surface area contributed by atoms with E-state index < -0.39 is 0 Å². The van der Waals surface area contributed by atoms with Crippen LogP contribution in [0.5, 0.6) is 5.75 Å². The van der Waals surface area contributed by atoms with Gasteiger partial charge in [0.15, 0.2) is 16.6 Å². The number of aromatic nitrogens is 5. The molecule has 0 unspecified atom stereocenters. The Hall–Kier alpha value is -2.74. The fraction of sp³-hybridized carbons (Fsp3) is 0.200. The van der Waals surface area contributed by atoms with Gasteiger partial charge in [-0.05, 0) is 24.6 Å². The largest absolute Gasteiger partial charge is 0.497 e. The summed E-state index contributed by atoms with van der Waals surface area (Å²) in [5.74, 6) is 2.26. The number of nitrogens with zero attached hydrogens (tertiary/aromatic N) is 5. The van der Waals surface area contributed by atoms with Crippen LogP contribution >= 0.6 is 11.3 Å². The smallest absolute Gasteiger partial charge is 0.235 e. The minimum Gasteiger partial charge on any atom is -0.497 e. The Balaban J connectivity index is 1.66. The van der Waals surface area contributed by atoms with Gasteiger partial charge in [-0.2, -0.15) is 4.52 Å². The second-order valence-electron chi connectivity index (χ2n) is 5.08. The van der Waals surface area contributed by atoms with Crippen molar-refractivity contribution >= 4 is 16.3 Å². The first-order chi connectivity index (χ1) is 11.2. The molecule has 0 bridgehead atoms. The number of fused-ring (bicyclic) bond motifs is 1. The third-order valence-electron chi connectivity index (χ3n) is 3.42. The van der Waals surface area contributed by atoms with Crippen molar-refractivity contribution < 1.29 is 9.26 Å². The molecule has 3 heterocycles. The molecule has 0 atom stereocenters. The molecule has 23 heavy (non-hydrogen) atoms. The second-order valence-corrected chi connectivity index (χ2v) is 6.03. The van der Waals surface area contributed by atoms with Crippen LogP contribution in [0.4, 0.5) is 0 Å². The minimum absolute atomic E-state index is 0.643. The average molecular weight is 327 g/mol. The zero-order chi connectivity index (χ0) is 15.8. The zero-order valence-electron chi connectivity index (χ0n) is 12.6. The van der Waals surface area contributed by atoms with Crippen LogP contribution in [-0.2, 0) is 6.42 Å². The molecule has 0 spiro atoms. The van der Waals surface area contributed by atoms with E-state index in [1.54, 1.807) is 11.6 Å². The number of hydrogen-bond donors (Lipinski definition) is 0. The summed E-state index contributed by atoms with van der Waals surface area (Å²) >= 11 is 1.43. The fourth-order valence-electron chi connectivity index (χ4n) is 2.26. The molecule has 0 amide bonds. The van der Waals surface area contributed by atoms with Crippen molar-refractivity contribution in [3.63, 3.8) is 0 Å². The van der Waals surface area contributed by atoms with Gasteiger partial charge in [0, 0.05) is 12.5 Å². The van der Waals surface area contributed by atoms with E-state index in [1.165, 1.54) is 11.3 Å². The molecule has 116 valence electrons. The van der Waals surface area contributed by atoms with E-state index in [0.717, 1.165) is 32.8 Å². The number of hydrogen-bond acceptors (Lipinski definition) is 7. The number of methoxy groups -OCH3 is 1. The molecule has 7 nitrogen and oxygen atoms in total. The zero-order valence-corrected chi connectivity index (χ0v) is 13.4. The summed E-state index contributed by atoms with van der Waals surface area (Å²) in [5.41, 5.74) is 1.94. The van der Waals surface area contributed by atoms with E-state index in [9.17, 15) is 0 Å². The van der Waals surface area contributed by atoms with Gasteiger partial charge in [-0.15, -0.1) is 15.3 Å². The molecular formula is C15H13N5O2S. The summed E-state index contributed by atoms with van der Waals surface area (Å²) in [6.45, 7) is 1.88. The highest BCUT2D eigenvalue weighted by Gasteiger charge is 2.16. The van der Waals surface area contributed by atoms with Crippen molar-refractivity contribution in [1.29, 1.82) is 0 Å². The molecule has 0 radical (unpaired) electrons. The molecule has 8 heteroatoms. The van der Waals surface area contributed by atoms with E-state index in [4.69, 9.17) is 9.26 Å². The van der Waals surface area contributed by atoms with Crippen LogP contribution in [0.2, 0.25) is 0 Å². The first-order valence-electron chi connectivity index (χ1n) is 7.00. The molecule has 1 aromatic carbocycles. The summed E-state index contributed by atoms with van der Waals surface area (Å²) in [7, 11) is 1.65. The molecule has 0 aliphatic heterocycles. The van der Waals surface area contributed by atoms with Gasteiger partial charge in [0.05, 0.1) is 12.8 Å². The molecule has 0 saturated heterocycles. The molecule has 0 N–H and O–H groups in total. The predicted octanol–water partition coefficient (Wildman–Crippen LogP) is 2.75. The van der Waals surface area contributed by atoms with E-state index >= 15 is 0 Å². The van der Waals surface area contributed by atoms with E-state index in [-0.39, 0.29) is 0 Å². The maximum Gasteiger partial charge on any atom is 0.235 e. The molecule has 0 fully saturated rings. The third kappa shape index (κ3) is 2.57. The quantitative estimate of drug-likeness (QED) is 0.573. The average Bonchev–Trinajstić information content (AvgIpc) is 3.25. The summed E-state index contributed by atoms with van der Waals surface area (Å²) in [4.78, 5) is 0.734. The van der Waals surface area contributed by atoms with E-state index in [1.807, 2.05) is 37.3 Å². The van der Waals surface area contributed by atoms with Gasteiger partial charge in [-0.3, -0.25) is 0 Å². The first-order valence-corrected chi connectivity index (χ1v) is 7.82. The highest BCUT2D eigenvalue weighted by molar-refractivity contribution is 7.19. The van der Waals surface area contributed by atoms with Crippen molar-refractivity contribution in [2.24, 2.45) is 0 Å². The third-order valence-corrected chi connectivity index (χ3v) is 4.33. The monoisotopic (exact) mass is 327 g/mol. The predicted molar refractivity (Wildman–Crippen MR) is 84.7 cm³/mol. The van der Waals surface area contributed by atoms with Crippen molar-refractivity contribution in [2.75, 3.05) is 7.11 Å². The minimum atomic E-state index is 0.643. The van der Waals surface area contributed by atoms with Crippen LogP contribution in [0.25, 0.3) is 15.7 Å². The lowest BCUT2D eigenvalue weighted by Crippen LogP contribution is -1.97. The van der Waals surface area contributed by atoms with Crippen LogP contribution in [0, 0.1) is 6.92 Å². The number of aryl methyl sites for hydroxylation is 1. The van der Waals surface area contributed by atoms with Crippen LogP contribution in [0.1, 0.15) is 17.1 Å². The molecule has 4 aromatic rings. The first kappa shape index (κ1) is 13.9. The maximum atomic E-state index is 5.26. The Morgan fingerprint density at radius 1 is 1.22 bits per heavy atom. The fourth-order valence-corrected chi connectivity index (χ4v) is 3.06. The number of rotatable bonds is 4. The SMILES string of the molecule is COc1ccc(Cc2nnc3sc(-c4cc(C)no4)nn23)cc1. The number of ether oxygens (including phenoxy) is 1. The van der Waals surface area contributed by atoms with Crippen LogP contribution in [0.15, 0.2) is 34.9 Å². The van der Waals surface area contributed by atoms with Gasteiger partial charge >= 0.3 is 0 Å². The van der Waals surface area contributed by atoms with Crippen molar-refractivity contribution in [2.45, 2.75) is 13.3 Å². The Kier molecular flexibility index (Phi) is 3.30. The lowest BCUT2D eigenvalue weighted by atomic mass is 10.1. The molecular weight excluding hydrogens is 314 g/mol. The Bertz CT molecular complexity index is 954. The lowest BCUT2D eigenvalue weighted by Gasteiger charge is -2.01. The van der Waals surface area contributed by atoms with Gasteiger partial charge in [0.1, 0.15) is 5.75 Å². The van der Waals surface area contributed by atoms with Gasteiger partial charge < -0.3 is 9.26 Å². The Labute approximate surface area is 135 Å². The highest BCUT2D eigenvalue weighted by atomic mass is 32.1. The Morgan fingerprint density at radius 3 is 2.74 bits per heavy atom. The molecule has 0 aliphatic carbocycles. The van der Waals surface area contributed by atoms with Crippen LogP contribution in [0.3, 0.4) is 0 Å². The molecule has 3 aromatic heterocycles. The normalized spacial score (nSPS) is 11.2. The van der Waals surface area contributed by atoms with Gasteiger partial charge in [-0.25, -0.2) is 0 Å². The van der Waals surface area contributed by atoms with Crippen molar-refractivity contribution in [1.82, 2.24) is 25.0 Å². The molecule has 4 rings (SSSR count). The van der Waals surface area contributed by atoms with Gasteiger partial charge in [0.2, 0.25) is 4.96 Å². The van der Waals surface area contributed by atoms with E-state index in [2.05, 4.69) is 20.5 Å². The van der Waals surface area contributed by atoms with Gasteiger partial charge in [-0.1, -0.05) is 28.6 Å². The summed E-state index contributed by atoms with van der Waals surface area (Å²) < 4.78 is 12.2. The Morgan fingerprint density at radius 2 is 2.04 bits per heavy atom. The van der Waals surface area contributed by atoms with Crippen molar-refractivity contribution in [3.8, 4) is 16.5 Å². The topological polar surface area (TPSA) is 78.3 Å². The summed E-state index contributed by atoms with van der Waals surface area (Å²) in [5, 5.41) is 17.6. The molecule has 0 saturated carbocycles. The summed E-state index contributed by atoms with van der Waals surface area (Å²) in [6.07, 6.45) is 0.643. The number of benzene rings is 1. The van der Waals surface area contributed by atoms with E-state index in [0.29, 0.717) is 12.2 Å². The second kappa shape index (κ2) is 5.47. The van der Waals surface area contributed by atoms with Crippen LogP contribution in [-0.4, -0.2) is 32.1 Å². The van der Waals surface area contributed by atoms with Crippen LogP contribution < -0.4 is 4.74 Å². The lowest BCUT2D eigenvalue weighted by molar-refractivity contribution is 0.414. The highest BCUT2D eigenvalue weighted by Crippen LogP contribution is 2.26. The standard InChI is InChI=1S/C15H13N5O2S/c1-9-7-12(22-19-9)14-18-20-13(16-17-15(20)23-14)8-10-3-5-11(21-2)6-4-10/h3-7H,8H2,1-2H3.